The molecule has 0 radical (unpaired) electrons. The molecule has 0 saturated heterocycles. The molecule has 0 spiro atoms. The molecule has 0 unspecified atom stereocenters. The van der Waals surface area contributed by atoms with E-state index in [1.165, 1.54) is 0 Å². The minimum Gasteiger partial charge on any atom is -0.0531 e. The second-order valence-corrected chi connectivity index (χ2v) is 7.50. The first-order valence-corrected chi connectivity index (χ1v) is 8.56. The molecule has 0 N–H and O–H groups in total. The topological polar surface area (TPSA) is 0 Å². The van der Waals surface area contributed by atoms with Crippen LogP contribution >= 0.6 is 79.6 Å². The maximum Gasteiger partial charge on any atom is 0.0465 e. The van der Waals surface area contributed by atoms with Crippen LogP contribution in [0.3, 0.4) is 0 Å². The Kier molecular flexibility index (Phi) is 4.92. The summed E-state index contributed by atoms with van der Waals surface area (Å²) in [6.45, 7) is 0. The highest BCUT2D eigenvalue weighted by molar-refractivity contribution is 9.14. The molecule has 0 atom stereocenters. The molecular weight excluding hydrogens is 544 g/mol. The maximum absolute atomic E-state index is 3.61. The molecule has 0 aromatic heterocycles. The molecule has 0 saturated carbocycles. The van der Waals surface area contributed by atoms with Crippen molar-refractivity contribution in [3.63, 3.8) is 0 Å². The lowest BCUT2D eigenvalue weighted by molar-refractivity contribution is 1.49. The summed E-state index contributed by atoms with van der Waals surface area (Å²) in [4.78, 5) is 0. The van der Waals surface area contributed by atoms with Gasteiger partial charge in [0, 0.05) is 22.4 Å². The average molecular weight is 549 g/mol. The van der Waals surface area contributed by atoms with E-state index in [1.807, 2.05) is 12.1 Å². The van der Waals surface area contributed by atoms with Crippen molar-refractivity contribution < 1.29 is 0 Å². The molecule has 0 aliphatic rings. The van der Waals surface area contributed by atoms with E-state index in [4.69, 9.17) is 0 Å². The summed E-state index contributed by atoms with van der Waals surface area (Å²) < 4.78 is 5.19. The van der Waals surface area contributed by atoms with Gasteiger partial charge >= 0.3 is 0 Å². The first-order chi connectivity index (χ1) is 8.00. The highest BCUT2D eigenvalue weighted by Crippen LogP contribution is 2.39. The molecule has 88 valence electrons. The van der Waals surface area contributed by atoms with Crippen LogP contribution in [-0.4, -0.2) is 0 Å². The van der Waals surface area contributed by atoms with E-state index in [-0.39, 0.29) is 0 Å². The van der Waals surface area contributed by atoms with Gasteiger partial charge in [0.05, 0.1) is 0 Å². The lowest BCUT2D eigenvalue weighted by atomic mass is 10.1. The maximum atomic E-state index is 3.61. The number of hydrogen-bond donors (Lipinski definition) is 0. The molecule has 2 aromatic rings. The third-order valence-corrected chi connectivity index (χ3v) is 7.52. The van der Waals surface area contributed by atoms with Crippen LogP contribution < -0.4 is 0 Å². The van der Waals surface area contributed by atoms with Crippen molar-refractivity contribution in [2.75, 3.05) is 0 Å². The Morgan fingerprint density at radius 3 is 1.88 bits per heavy atom. The third kappa shape index (κ3) is 3.06. The molecule has 0 heterocycles. The minimum absolute atomic E-state index is 1.02. The van der Waals surface area contributed by atoms with Crippen molar-refractivity contribution in [2.24, 2.45) is 0 Å². The predicted molar refractivity (Wildman–Crippen MR) is 90.4 cm³/mol. The van der Waals surface area contributed by atoms with Gasteiger partial charge in [-0.2, -0.15) is 0 Å². The normalized spacial score (nSPS) is 10.6. The first-order valence-electron chi connectivity index (χ1n) is 4.59. The number of rotatable bonds is 1. The summed E-state index contributed by atoms with van der Waals surface area (Å²) >= 11 is 17.6. The van der Waals surface area contributed by atoms with E-state index < -0.39 is 0 Å². The van der Waals surface area contributed by atoms with E-state index >= 15 is 0 Å². The fourth-order valence-electron chi connectivity index (χ4n) is 1.41. The van der Waals surface area contributed by atoms with Gasteiger partial charge in [-0.15, -0.1) is 0 Å². The Hall–Kier alpha value is 0.840. The molecule has 2 aromatic carbocycles. The van der Waals surface area contributed by atoms with E-state index in [0.717, 1.165) is 33.5 Å². The van der Waals surface area contributed by atoms with Gasteiger partial charge in [-0.3, -0.25) is 0 Å². The van der Waals surface area contributed by atoms with E-state index in [2.05, 4.69) is 97.8 Å². The molecule has 0 aliphatic carbocycles. The molecular formula is C12H5Br5. The quantitative estimate of drug-likeness (QED) is 0.332. The van der Waals surface area contributed by atoms with Gasteiger partial charge in [-0.1, -0.05) is 12.1 Å². The largest absolute Gasteiger partial charge is 0.0531 e. The predicted octanol–water partition coefficient (Wildman–Crippen LogP) is 7.17. The number of hydrogen-bond acceptors (Lipinski definition) is 0. The average Bonchev–Trinajstić information content (AvgIpc) is 2.30. The fraction of sp³-hybridized carbons (Fsp3) is 0. The molecule has 0 bridgehead atoms. The lowest BCUT2D eigenvalue weighted by Gasteiger charge is -2.09. The zero-order chi connectivity index (χ0) is 12.6. The Labute approximate surface area is 142 Å². The van der Waals surface area contributed by atoms with Crippen LogP contribution in [0, 0.1) is 0 Å². The van der Waals surface area contributed by atoms with Crippen LogP contribution in [0.15, 0.2) is 52.7 Å². The summed E-state index contributed by atoms with van der Waals surface area (Å²) in [5.74, 6) is 0. The molecule has 0 aliphatic heterocycles. The van der Waals surface area contributed by atoms with Gasteiger partial charge in [-0.25, -0.2) is 0 Å². The minimum atomic E-state index is 1.02. The summed E-state index contributed by atoms with van der Waals surface area (Å²) in [6.07, 6.45) is 0. The van der Waals surface area contributed by atoms with Gasteiger partial charge < -0.3 is 0 Å². The molecule has 0 fully saturated rings. The Balaban J connectivity index is 2.61. The van der Waals surface area contributed by atoms with Crippen molar-refractivity contribution in [3.8, 4) is 11.1 Å². The molecule has 17 heavy (non-hydrogen) atoms. The third-order valence-electron chi connectivity index (χ3n) is 2.27. The van der Waals surface area contributed by atoms with Crippen LogP contribution in [0.1, 0.15) is 0 Å². The van der Waals surface area contributed by atoms with Gasteiger partial charge in [0.25, 0.3) is 0 Å². The van der Waals surface area contributed by atoms with Gasteiger partial charge in [0.15, 0.2) is 0 Å². The van der Waals surface area contributed by atoms with Crippen molar-refractivity contribution in [2.45, 2.75) is 0 Å². The molecule has 0 nitrogen and oxygen atoms in total. The second-order valence-electron chi connectivity index (χ2n) is 3.35. The fourth-order valence-corrected chi connectivity index (χ4v) is 3.55. The number of benzene rings is 2. The monoisotopic (exact) mass is 544 g/mol. The summed E-state index contributed by atoms with van der Waals surface area (Å²) in [5.41, 5.74) is 2.30. The Bertz CT molecular complexity index is 577. The van der Waals surface area contributed by atoms with Crippen molar-refractivity contribution >= 4 is 79.6 Å². The molecule has 0 amide bonds. The smallest absolute Gasteiger partial charge is 0.0465 e. The van der Waals surface area contributed by atoms with Crippen molar-refractivity contribution in [1.29, 1.82) is 0 Å². The summed E-state index contributed by atoms with van der Waals surface area (Å²) in [5, 5.41) is 0. The summed E-state index contributed by atoms with van der Waals surface area (Å²) in [7, 11) is 0. The van der Waals surface area contributed by atoms with E-state index in [9.17, 15) is 0 Å². The zero-order valence-electron chi connectivity index (χ0n) is 8.28. The van der Waals surface area contributed by atoms with Crippen LogP contribution in [0.2, 0.25) is 0 Å². The Morgan fingerprint density at radius 1 is 0.588 bits per heavy atom. The van der Waals surface area contributed by atoms with Gasteiger partial charge in [0.2, 0.25) is 0 Å². The van der Waals surface area contributed by atoms with Gasteiger partial charge in [0.1, 0.15) is 0 Å². The summed E-state index contributed by atoms with van der Waals surface area (Å²) in [6, 6.07) is 10.3. The van der Waals surface area contributed by atoms with Crippen LogP contribution in [0.25, 0.3) is 11.1 Å². The highest BCUT2D eigenvalue weighted by atomic mass is 79.9. The van der Waals surface area contributed by atoms with Crippen molar-refractivity contribution in [3.05, 3.63) is 52.7 Å². The highest BCUT2D eigenvalue weighted by Gasteiger charge is 2.10. The standard InChI is InChI=1S/C12H5Br5/c13-8-3-1-6(5-10(8)15)7-2-4-9(14)12(17)11(7)16/h1-5H. The van der Waals surface area contributed by atoms with Crippen LogP contribution in [0.4, 0.5) is 0 Å². The van der Waals surface area contributed by atoms with Crippen molar-refractivity contribution in [1.82, 2.24) is 0 Å². The SMILES string of the molecule is Brc1ccc(-c2ccc(Br)c(Br)c2Br)cc1Br. The molecule has 5 heteroatoms. The Morgan fingerprint density at radius 2 is 1.24 bits per heavy atom. The number of halogens is 5. The first kappa shape index (κ1) is 14.3. The van der Waals surface area contributed by atoms with Crippen LogP contribution in [-0.2, 0) is 0 Å². The van der Waals surface area contributed by atoms with E-state index in [0.29, 0.717) is 0 Å². The van der Waals surface area contributed by atoms with E-state index in [1.54, 1.807) is 0 Å². The van der Waals surface area contributed by atoms with Crippen LogP contribution in [0.5, 0.6) is 0 Å². The molecule has 2 rings (SSSR count). The lowest BCUT2D eigenvalue weighted by Crippen LogP contribution is -1.83. The van der Waals surface area contributed by atoms with Gasteiger partial charge in [-0.05, 0) is 109 Å². The second kappa shape index (κ2) is 5.87. The zero-order valence-corrected chi connectivity index (χ0v) is 16.2.